The van der Waals surface area contributed by atoms with Gasteiger partial charge in [0, 0.05) is 47.4 Å². The first kappa shape index (κ1) is 26.7. The predicted octanol–water partition coefficient (Wildman–Crippen LogP) is 6.75. The molecule has 2 N–H and O–H groups in total. The van der Waals surface area contributed by atoms with Crippen LogP contribution in [0.25, 0.3) is 32.9 Å². The van der Waals surface area contributed by atoms with E-state index in [1.807, 2.05) is 11.8 Å². The molecule has 4 aromatic rings. The predicted molar refractivity (Wildman–Crippen MR) is 181 cm³/mol. The fourth-order valence-corrected chi connectivity index (χ4v) is 9.05. The highest BCUT2D eigenvalue weighted by Crippen LogP contribution is 2.66. The van der Waals surface area contributed by atoms with Crippen molar-refractivity contribution >= 4 is 33.2 Å². The third kappa shape index (κ3) is 4.16. The summed E-state index contributed by atoms with van der Waals surface area (Å²) < 4.78 is 55.7. The SMILES string of the molecule is [2H]C([2H])(Oc1nc(N2CCCC[C@H]3[C@H](F)[C@H]32)c2cnc(-c3cc(N)cc4ccc(F)c(C#C)c34)c(C)c2n1)[C@]12CC(=C)CN1CCC21CC1. The number of hydrogen-bond donors (Lipinski definition) is 1. The Bertz CT molecular complexity index is 2150. The monoisotopic (exact) mass is 634 g/mol. The average molecular weight is 635 g/mol. The molecule has 3 aliphatic heterocycles. The lowest BCUT2D eigenvalue weighted by Gasteiger charge is -2.37. The van der Waals surface area contributed by atoms with Crippen molar-refractivity contribution in [3.05, 3.63) is 59.6 Å². The molecule has 0 radical (unpaired) electrons. The van der Waals surface area contributed by atoms with Crippen LogP contribution in [0.15, 0.2) is 42.6 Å². The molecular formula is C38H38F2N6O. The fourth-order valence-electron chi connectivity index (χ4n) is 9.05. The summed E-state index contributed by atoms with van der Waals surface area (Å²) in [5, 5.41) is 1.80. The Kier molecular flexibility index (Phi) is 5.75. The lowest BCUT2D eigenvalue weighted by Crippen LogP contribution is -2.49. The number of nitrogens with zero attached hydrogens (tertiary/aromatic N) is 5. The van der Waals surface area contributed by atoms with Gasteiger partial charge in [-0.2, -0.15) is 9.97 Å². The van der Waals surface area contributed by atoms with Crippen LogP contribution in [-0.4, -0.2) is 63.8 Å². The highest BCUT2D eigenvalue weighted by atomic mass is 19.1. The summed E-state index contributed by atoms with van der Waals surface area (Å²) in [6, 6.07) is 6.03. The van der Waals surface area contributed by atoms with Crippen molar-refractivity contribution in [3.8, 4) is 29.6 Å². The molecule has 5 fully saturated rings. The number of nitrogen functional groups attached to an aromatic ring is 1. The van der Waals surface area contributed by atoms with Gasteiger partial charge in [0.1, 0.15) is 24.4 Å². The molecule has 2 aliphatic carbocycles. The summed E-state index contributed by atoms with van der Waals surface area (Å²) in [5.74, 6) is 2.40. The number of aryl methyl sites for hydroxylation is 1. The van der Waals surface area contributed by atoms with Crippen molar-refractivity contribution in [1.29, 1.82) is 0 Å². The number of hydrogen-bond acceptors (Lipinski definition) is 7. The number of pyridine rings is 1. The van der Waals surface area contributed by atoms with Crippen LogP contribution in [0.5, 0.6) is 6.01 Å². The van der Waals surface area contributed by atoms with Crippen molar-refractivity contribution in [2.24, 2.45) is 11.3 Å². The number of rotatable bonds is 5. The Morgan fingerprint density at radius 1 is 1.21 bits per heavy atom. The standard InChI is InChI=1S/C38H38F2N6O/c1-4-25-29(39)9-8-23-15-24(41)16-27(30(23)25)32-22(3)33-28(18-42-32)35(46-13-6-5-7-26-31(40)34(26)46)44-36(43-33)47-20-38-17-21(2)19-45(38)14-12-37(38)10-11-37/h1,8-9,15-16,18,26,31,34H,2,5-7,10-14,17,19-20,41H2,3H3/t26-,31-,34-,38-/m0/s1/i20D2. The zero-order chi connectivity index (χ0) is 34.0. The highest BCUT2D eigenvalue weighted by molar-refractivity contribution is 6.04. The van der Waals surface area contributed by atoms with Crippen LogP contribution in [0.1, 0.15) is 58.8 Å². The third-order valence-corrected chi connectivity index (χ3v) is 11.6. The van der Waals surface area contributed by atoms with Gasteiger partial charge in [0.25, 0.3) is 0 Å². The minimum atomic E-state index is -2.14. The van der Waals surface area contributed by atoms with Crippen LogP contribution in [0.2, 0.25) is 0 Å². The van der Waals surface area contributed by atoms with E-state index in [1.165, 1.54) is 6.07 Å². The first-order valence-electron chi connectivity index (χ1n) is 17.7. The molecule has 2 aromatic heterocycles. The van der Waals surface area contributed by atoms with E-state index in [0.29, 0.717) is 69.5 Å². The lowest BCUT2D eigenvalue weighted by atomic mass is 9.80. The quantitative estimate of drug-likeness (QED) is 0.148. The zero-order valence-corrected chi connectivity index (χ0v) is 26.5. The maximum Gasteiger partial charge on any atom is 0.319 e. The van der Waals surface area contributed by atoms with E-state index >= 15 is 8.78 Å². The van der Waals surface area contributed by atoms with Gasteiger partial charge in [-0.1, -0.05) is 30.6 Å². The minimum absolute atomic E-state index is 0.0717. The summed E-state index contributed by atoms with van der Waals surface area (Å²) in [5.41, 5.74) is 9.07. The second-order valence-corrected chi connectivity index (χ2v) is 14.3. The van der Waals surface area contributed by atoms with E-state index in [2.05, 4.69) is 17.4 Å². The number of halogens is 2. The Balaban J connectivity index is 1.24. The molecular weight excluding hydrogens is 594 g/mol. The number of terminal acetylenes is 1. The van der Waals surface area contributed by atoms with E-state index in [4.69, 9.17) is 31.8 Å². The summed E-state index contributed by atoms with van der Waals surface area (Å²) in [6.45, 7) is 6.01. The molecule has 2 aromatic carbocycles. The Morgan fingerprint density at radius 3 is 2.87 bits per heavy atom. The normalized spacial score (nSPS) is 28.5. The van der Waals surface area contributed by atoms with Crippen molar-refractivity contribution in [3.63, 3.8) is 0 Å². The van der Waals surface area contributed by atoms with Crippen LogP contribution in [0, 0.1) is 36.4 Å². The highest BCUT2D eigenvalue weighted by Gasteiger charge is 2.67. The molecule has 4 atom stereocenters. The number of fused-ring (bicyclic) bond motifs is 5. The molecule has 9 heteroatoms. The van der Waals surface area contributed by atoms with Gasteiger partial charge >= 0.3 is 6.01 Å². The molecule has 2 saturated carbocycles. The molecule has 0 bridgehead atoms. The molecule has 5 heterocycles. The Morgan fingerprint density at radius 2 is 2.06 bits per heavy atom. The Hall–Kier alpha value is -4.29. The van der Waals surface area contributed by atoms with Gasteiger partial charge in [0.15, 0.2) is 0 Å². The number of nitrogens with two attached hydrogens (primary N) is 1. The molecule has 0 unspecified atom stereocenters. The van der Waals surface area contributed by atoms with E-state index in [0.717, 1.165) is 50.6 Å². The second kappa shape index (κ2) is 10.1. The first-order valence-corrected chi connectivity index (χ1v) is 16.7. The Labute approximate surface area is 276 Å². The van der Waals surface area contributed by atoms with E-state index in [9.17, 15) is 2.74 Å². The topological polar surface area (TPSA) is 80.4 Å². The molecule has 240 valence electrons. The smallest absolute Gasteiger partial charge is 0.319 e. The van der Waals surface area contributed by atoms with Gasteiger partial charge in [-0.05, 0) is 81.0 Å². The first-order chi connectivity index (χ1) is 23.5. The van der Waals surface area contributed by atoms with Crippen LogP contribution >= 0.6 is 0 Å². The number of benzene rings is 2. The van der Waals surface area contributed by atoms with Crippen molar-refractivity contribution in [1.82, 2.24) is 19.9 Å². The molecule has 47 heavy (non-hydrogen) atoms. The van der Waals surface area contributed by atoms with Crippen molar-refractivity contribution in [2.75, 3.05) is 36.8 Å². The van der Waals surface area contributed by atoms with Gasteiger partial charge in [-0.15, -0.1) is 6.42 Å². The third-order valence-electron chi connectivity index (χ3n) is 11.6. The van der Waals surface area contributed by atoms with Crippen LogP contribution in [0.3, 0.4) is 0 Å². The largest absolute Gasteiger partial charge is 0.461 e. The molecule has 5 aliphatic rings. The zero-order valence-electron chi connectivity index (χ0n) is 28.5. The molecule has 0 amide bonds. The molecule has 3 saturated heterocycles. The van der Waals surface area contributed by atoms with Crippen LogP contribution < -0.4 is 15.4 Å². The maximum atomic E-state index is 15.2. The number of ether oxygens (including phenoxy) is 1. The summed E-state index contributed by atoms with van der Waals surface area (Å²) in [6.07, 6.45) is 12.5. The summed E-state index contributed by atoms with van der Waals surface area (Å²) >= 11 is 0. The number of aromatic nitrogens is 3. The lowest BCUT2D eigenvalue weighted by molar-refractivity contribution is 0.0649. The van der Waals surface area contributed by atoms with Gasteiger partial charge in [-0.3, -0.25) is 9.88 Å². The van der Waals surface area contributed by atoms with Crippen LogP contribution in [0.4, 0.5) is 20.3 Å². The molecule has 1 spiro atoms. The maximum absolute atomic E-state index is 15.2. The minimum Gasteiger partial charge on any atom is -0.461 e. The van der Waals surface area contributed by atoms with Crippen molar-refractivity contribution in [2.45, 2.75) is 69.6 Å². The van der Waals surface area contributed by atoms with Gasteiger partial charge in [-0.25, -0.2) is 8.78 Å². The number of alkyl halides is 1. The summed E-state index contributed by atoms with van der Waals surface area (Å²) in [4.78, 5) is 18.9. The van der Waals surface area contributed by atoms with E-state index in [1.54, 1.807) is 24.4 Å². The fraction of sp³-hybridized carbons (Fsp3) is 0.447. The molecule has 9 rings (SSSR count). The van der Waals surface area contributed by atoms with E-state index in [-0.39, 0.29) is 28.9 Å². The van der Waals surface area contributed by atoms with Crippen molar-refractivity contribution < 1.29 is 16.3 Å². The van der Waals surface area contributed by atoms with Gasteiger partial charge in [0.05, 0.1) is 36.5 Å². The van der Waals surface area contributed by atoms with Gasteiger partial charge in [0.2, 0.25) is 0 Å². The number of anilines is 2. The average Bonchev–Trinajstić information content (AvgIpc) is 3.93. The van der Waals surface area contributed by atoms with E-state index < -0.39 is 24.1 Å². The second-order valence-electron chi connectivity index (χ2n) is 14.3. The summed E-state index contributed by atoms with van der Waals surface area (Å²) in [7, 11) is 0. The van der Waals surface area contributed by atoms with Crippen LogP contribution in [-0.2, 0) is 0 Å². The molecule has 7 nitrogen and oxygen atoms in total. The van der Waals surface area contributed by atoms with Gasteiger partial charge < -0.3 is 15.4 Å².